The van der Waals surface area contributed by atoms with Gasteiger partial charge in [0.15, 0.2) is 0 Å². The van der Waals surface area contributed by atoms with Gasteiger partial charge in [0.05, 0.1) is 10.6 Å². The fourth-order valence-electron chi connectivity index (χ4n) is 3.04. The molecule has 3 aromatic rings. The van der Waals surface area contributed by atoms with Gasteiger partial charge in [0, 0.05) is 27.5 Å². The van der Waals surface area contributed by atoms with E-state index in [1.165, 1.54) is 35.4 Å². The smallest absolute Gasteiger partial charge is 0.214 e. The van der Waals surface area contributed by atoms with Crippen LogP contribution in [0.25, 0.3) is 0 Å². The van der Waals surface area contributed by atoms with Crippen LogP contribution in [0.5, 0.6) is 0 Å². The molecule has 1 aliphatic rings. The fourth-order valence-corrected chi connectivity index (χ4v) is 4.88. The predicted octanol–water partition coefficient (Wildman–Crippen LogP) is 5.78. The second-order valence-corrected chi connectivity index (χ2v) is 9.05. The monoisotopic (exact) mass is 447 g/mol. The Balaban J connectivity index is 1.94. The average Bonchev–Trinajstić information content (AvgIpc) is 2.68. The quantitative estimate of drug-likeness (QED) is 0.377. The van der Waals surface area contributed by atoms with Crippen LogP contribution in [0.1, 0.15) is 10.4 Å². The Labute approximate surface area is 176 Å². The number of rotatable bonds is 3. The van der Waals surface area contributed by atoms with Crippen LogP contribution < -0.4 is 4.90 Å². The number of benzene rings is 3. The fraction of sp³-hybridized carbons (Fsp3) is 0. The molecule has 0 atom stereocenters. The number of nitrogens with zero attached hydrogens (tertiary/aromatic N) is 1. The Bertz CT molecular complexity index is 1270. The van der Waals surface area contributed by atoms with E-state index in [1.807, 2.05) is 0 Å². The van der Waals surface area contributed by atoms with Crippen molar-refractivity contribution in [1.29, 1.82) is 0 Å². The maximum absolute atomic E-state index is 13.9. The molecule has 0 N–H and O–H groups in total. The van der Waals surface area contributed by atoms with Crippen molar-refractivity contribution in [2.45, 2.75) is 4.90 Å². The predicted molar refractivity (Wildman–Crippen MR) is 111 cm³/mol. The van der Waals surface area contributed by atoms with Crippen molar-refractivity contribution >= 4 is 50.2 Å². The third-order valence-corrected chi connectivity index (χ3v) is 6.70. The minimum Gasteiger partial charge on any atom is -0.314 e. The van der Waals surface area contributed by atoms with Crippen LogP contribution in [-0.4, -0.2) is 14.2 Å². The minimum absolute atomic E-state index is 0.0972. The lowest BCUT2D eigenvalue weighted by atomic mass is 10.1. The number of hydrogen-bond donors (Lipinski definition) is 0. The normalized spacial score (nSPS) is 14.9. The summed E-state index contributed by atoms with van der Waals surface area (Å²) in [7, 11) is -4.17. The highest BCUT2D eigenvalue weighted by atomic mass is 35.5. The Morgan fingerprint density at radius 2 is 1.62 bits per heavy atom. The van der Waals surface area contributed by atoms with E-state index in [0.29, 0.717) is 15.7 Å². The molecule has 146 valence electrons. The lowest BCUT2D eigenvalue weighted by Crippen LogP contribution is -2.26. The van der Waals surface area contributed by atoms with E-state index >= 15 is 0 Å². The molecule has 4 rings (SSSR count). The van der Waals surface area contributed by atoms with Gasteiger partial charge in [-0.05, 0) is 60.7 Å². The first-order valence-electron chi connectivity index (χ1n) is 8.39. The second-order valence-electron chi connectivity index (χ2n) is 6.29. The highest BCUT2D eigenvalue weighted by molar-refractivity contribution is 7.96. The number of halogens is 3. The van der Waals surface area contributed by atoms with Gasteiger partial charge in [-0.25, -0.2) is 12.8 Å². The van der Waals surface area contributed by atoms with Gasteiger partial charge in [-0.3, -0.25) is 4.79 Å². The van der Waals surface area contributed by atoms with Gasteiger partial charge < -0.3 is 4.90 Å². The molecule has 0 saturated carbocycles. The van der Waals surface area contributed by atoms with Gasteiger partial charge in [0.25, 0.3) is 0 Å². The summed E-state index contributed by atoms with van der Waals surface area (Å²) in [5.74, 6) is -1.30. The largest absolute Gasteiger partial charge is 0.314 e. The van der Waals surface area contributed by atoms with Crippen LogP contribution in [-0.2, 0) is 9.84 Å². The summed E-state index contributed by atoms with van der Waals surface area (Å²) in [6, 6.07) is 15.8. The first-order valence-corrected chi connectivity index (χ1v) is 10.6. The third-order valence-electron chi connectivity index (χ3n) is 4.42. The number of anilines is 2. The molecular formula is C21H12Cl2FNO3S. The van der Waals surface area contributed by atoms with E-state index in [0.717, 1.165) is 18.2 Å². The number of carbonyl (C=O) groups excluding carboxylic acids is 1. The second kappa shape index (κ2) is 7.30. The summed E-state index contributed by atoms with van der Waals surface area (Å²) in [5.41, 5.74) is 0.751. The number of ketones is 1. The highest BCUT2D eigenvalue weighted by Gasteiger charge is 2.36. The van der Waals surface area contributed by atoms with Crippen LogP contribution in [0.15, 0.2) is 82.7 Å². The lowest BCUT2D eigenvalue weighted by Gasteiger charge is -2.29. The summed E-state index contributed by atoms with van der Waals surface area (Å²) >= 11 is 11.9. The van der Waals surface area contributed by atoms with Crippen LogP contribution in [0.4, 0.5) is 15.8 Å². The molecule has 4 nitrogen and oxygen atoms in total. The maximum atomic E-state index is 13.9. The van der Waals surface area contributed by atoms with Gasteiger partial charge in [0.2, 0.25) is 15.6 Å². The Morgan fingerprint density at radius 3 is 2.31 bits per heavy atom. The molecule has 1 heterocycles. The van der Waals surface area contributed by atoms with Crippen molar-refractivity contribution in [2.75, 3.05) is 4.90 Å². The molecule has 0 saturated heterocycles. The number of hydrogen-bond acceptors (Lipinski definition) is 4. The van der Waals surface area contributed by atoms with Crippen molar-refractivity contribution in [3.63, 3.8) is 0 Å². The molecule has 0 bridgehead atoms. The van der Waals surface area contributed by atoms with Crippen LogP contribution >= 0.6 is 23.2 Å². The molecule has 29 heavy (non-hydrogen) atoms. The zero-order valence-electron chi connectivity index (χ0n) is 14.6. The van der Waals surface area contributed by atoms with Gasteiger partial charge >= 0.3 is 0 Å². The average molecular weight is 448 g/mol. The summed E-state index contributed by atoms with van der Waals surface area (Å²) in [5, 5.41) is 0.830. The van der Waals surface area contributed by atoms with Crippen LogP contribution in [0, 0.1) is 5.82 Å². The van der Waals surface area contributed by atoms with E-state index in [2.05, 4.69) is 0 Å². The summed E-state index contributed by atoms with van der Waals surface area (Å²) in [6.07, 6.45) is 1.19. The zero-order valence-corrected chi connectivity index (χ0v) is 17.0. The van der Waals surface area contributed by atoms with Crippen molar-refractivity contribution in [3.05, 3.63) is 99.3 Å². The molecule has 3 aromatic carbocycles. The lowest BCUT2D eigenvalue weighted by molar-refractivity contribution is 0.104. The SMILES string of the molecule is O=C(C1=CN(c2cccc(Cl)c2)c2cc(F)ccc2S1(=O)=O)c1ccc(Cl)cc1. The Hall–Kier alpha value is -2.67. The van der Waals surface area contributed by atoms with Crippen molar-refractivity contribution in [2.24, 2.45) is 0 Å². The van der Waals surface area contributed by atoms with E-state index in [4.69, 9.17) is 23.2 Å². The Kier molecular flexibility index (Phi) is 4.94. The number of allylic oxidation sites excluding steroid dienone is 1. The highest BCUT2D eigenvalue weighted by Crippen LogP contribution is 2.41. The Morgan fingerprint density at radius 1 is 0.897 bits per heavy atom. The van der Waals surface area contributed by atoms with Gasteiger partial charge in [-0.15, -0.1) is 0 Å². The van der Waals surface area contributed by atoms with E-state index < -0.39 is 26.3 Å². The molecule has 0 amide bonds. The third kappa shape index (κ3) is 3.55. The molecule has 0 spiro atoms. The first kappa shape index (κ1) is 19.6. The summed E-state index contributed by atoms with van der Waals surface area (Å²) < 4.78 is 40.2. The van der Waals surface area contributed by atoms with E-state index in [9.17, 15) is 17.6 Å². The molecule has 0 aliphatic carbocycles. The minimum atomic E-state index is -4.17. The van der Waals surface area contributed by atoms with Gasteiger partial charge in [0.1, 0.15) is 10.7 Å². The number of Topliss-reactive ketones (excluding diaryl/α,β-unsaturated/α-hetero) is 1. The standard InChI is InChI=1S/C21H12Cl2FNO3S/c22-14-6-4-13(5-7-14)21(26)20-12-25(17-3-1-2-15(23)10-17)18-11-16(24)8-9-19(18)29(20,27)28/h1-12H. The molecule has 0 unspecified atom stereocenters. The van der Waals surface area contributed by atoms with E-state index in [-0.39, 0.29) is 16.1 Å². The number of fused-ring (bicyclic) bond motifs is 1. The topological polar surface area (TPSA) is 54.5 Å². The van der Waals surface area contributed by atoms with Crippen LogP contribution in [0.3, 0.4) is 0 Å². The zero-order chi connectivity index (χ0) is 20.8. The summed E-state index contributed by atoms with van der Waals surface area (Å²) in [6.45, 7) is 0. The van der Waals surface area contributed by atoms with Crippen molar-refractivity contribution in [3.8, 4) is 0 Å². The molecule has 8 heteroatoms. The van der Waals surface area contributed by atoms with Crippen molar-refractivity contribution < 1.29 is 17.6 Å². The molecule has 1 aliphatic heterocycles. The van der Waals surface area contributed by atoms with E-state index in [1.54, 1.807) is 24.3 Å². The maximum Gasteiger partial charge on any atom is 0.214 e. The molecule has 0 aromatic heterocycles. The van der Waals surface area contributed by atoms with Crippen LogP contribution in [0.2, 0.25) is 10.0 Å². The van der Waals surface area contributed by atoms with Gasteiger partial charge in [-0.1, -0.05) is 29.3 Å². The summed E-state index contributed by atoms with van der Waals surface area (Å²) in [4.78, 5) is 13.9. The molecule has 0 fully saturated rings. The molecule has 0 radical (unpaired) electrons. The molecular weight excluding hydrogens is 436 g/mol. The van der Waals surface area contributed by atoms with Gasteiger partial charge in [-0.2, -0.15) is 0 Å². The number of sulfone groups is 1. The van der Waals surface area contributed by atoms with Crippen molar-refractivity contribution in [1.82, 2.24) is 0 Å². The number of carbonyl (C=O) groups is 1. The first-order chi connectivity index (χ1) is 13.8.